The van der Waals surface area contributed by atoms with Gasteiger partial charge in [-0.3, -0.25) is 24.6 Å². The molecule has 3 aromatic heterocycles. The van der Waals surface area contributed by atoms with E-state index < -0.39 is 5.60 Å². The molecule has 3 aliphatic heterocycles. The molecule has 0 saturated carbocycles. The van der Waals surface area contributed by atoms with Gasteiger partial charge in [0.2, 0.25) is 5.91 Å². The normalized spacial score (nSPS) is 21.9. The minimum Gasteiger partial charge on any atom is -0.367 e. The zero-order chi connectivity index (χ0) is 33.5. The smallest absolute Gasteiger partial charge is 0.258 e. The van der Waals surface area contributed by atoms with Crippen LogP contribution in [0.1, 0.15) is 25.5 Å². The third kappa shape index (κ3) is 5.80. The third-order valence-corrected chi connectivity index (χ3v) is 10.3. The Kier molecular flexibility index (Phi) is 8.04. The lowest BCUT2D eigenvalue weighted by molar-refractivity contribution is -0.138. The number of benzene rings is 2. The van der Waals surface area contributed by atoms with E-state index in [2.05, 4.69) is 66.6 Å². The second kappa shape index (κ2) is 12.7. The Balaban J connectivity index is 0.887. The maximum absolute atomic E-state index is 13.7. The van der Waals surface area contributed by atoms with Crippen molar-refractivity contribution in [2.75, 3.05) is 50.1 Å². The van der Waals surface area contributed by atoms with Crippen LogP contribution < -0.4 is 10.2 Å². The van der Waals surface area contributed by atoms with Crippen molar-refractivity contribution in [3.8, 4) is 22.6 Å². The molecule has 3 atom stereocenters. The van der Waals surface area contributed by atoms with E-state index in [9.17, 15) is 9.59 Å². The number of amides is 2. The van der Waals surface area contributed by atoms with Gasteiger partial charge < -0.3 is 19.9 Å². The molecule has 49 heavy (non-hydrogen) atoms. The van der Waals surface area contributed by atoms with Crippen molar-refractivity contribution in [1.29, 1.82) is 0 Å². The lowest BCUT2D eigenvalue weighted by atomic mass is 10.0. The number of carbonyl (C=O) groups excluding carboxylic acids is 2. The van der Waals surface area contributed by atoms with Crippen LogP contribution >= 0.6 is 0 Å². The Bertz CT molecular complexity index is 2000. The maximum atomic E-state index is 13.7. The molecule has 2 N–H and O–H groups in total. The number of ether oxygens (including phenoxy) is 1. The van der Waals surface area contributed by atoms with Gasteiger partial charge in [0.15, 0.2) is 11.4 Å². The Morgan fingerprint density at radius 3 is 2.57 bits per heavy atom. The summed E-state index contributed by atoms with van der Waals surface area (Å²) < 4.78 is 5.89. The molecule has 3 fully saturated rings. The fourth-order valence-corrected chi connectivity index (χ4v) is 7.63. The summed E-state index contributed by atoms with van der Waals surface area (Å²) in [6.07, 6.45) is 7.59. The van der Waals surface area contributed by atoms with E-state index >= 15 is 0 Å². The molecular formula is C37H39N9O3. The van der Waals surface area contributed by atoms with Gasteiger partial charge in [0.25, 0.3) is 5.91 Å². The molecule has 8 rings (SSSR count). The van der Waals surface area contributed by atoms with E-state index in [0.29, 0.717) is 37.6 Å². The molecular weight excluding hydrogens is 618 g/mol. The third-order valence-electron chi connectivity index (χ3n) is 10.3. The highest BCUT2D eigenvalue weighted by molar-refractivity contribution is 6.01. The SMILES string of the molecule is CCc1cc(-c2n[nH]c3ccc(NC(=O)[C@]4(OC)CCN(CC(=O)N5C[C@@H]6C[C@H]5CN6c5ccc(-c6ncccn6)cc5)C4)cc23)ccn1. The lowest BCUT2D eigenvalue weighted by Crippen LogP contribution is -2.52. The van der Waals surface area contributed by atoms with Crippen molar-refractivity contribution in [1.82, 2.24) is 34.9 Å². The van der Waals surface area contributed by atoms with Crippen molar-refractivity contribution >= 4 is 34.1 Å². The zero-order valence-corrected chi connectivity index (χ0v) is 27.7. The van der Waals surface area contributed by atoms with Crippen LogP contribution in [0.4, 0.5) is 11.4 Å². The number of hydrogen-bond donors (Lipinski definition) is 2. The summed E-state index contributed by atoms with van der Waals surface area (Å²) in [7, 11) is 1.57. The maximum Gasteiger partial charge on any atom is 0.258 e. The largest absolute Gasteiger partial charge is 0.367 e. The van der Waals surface area contributed by atoms with Gasteiger partial charge in [-0.15, -0.1) is 0 Å². The Morgan fingerprint density at radius 1 is 0.980 bits per heavy atom. The van der Waals surface area contributed by atoms with Crippen LogP contribution in [-0.4, -0.2) is 104 Å². The number of aromatic amines is 1. The molecule has 0 spiro atoms. The van der Waals surface area contributed by atoms with Gasteiger partial charge in [0.05, 0.1) is 18.1 Å². The number of aryl methyl sites for hydroxylation is 1. The fourth-order valence-electron chi connectivity index (χ4n) is 7.63. The minimum absolute atomic E-state index is 0.108. The average molecular weight is 658 g/mol. The molecule has 5 aromatic rings. The fraction of sp³-hybridized carbons (Fsp3) is 0.351. The van der Waals surface area contributed by atoms with E-state index in [4.69, 9.17) is 4.74 Å². The number of piperazine rings is 1. The van der Waals surface area contributed by atoms with Gasteiger partial charge in [-0.25, -0.2) is 9.97 Å². The van der Waals surface area contributed by atoms with Gasteiger partial charge in [-0.1, -0.05) is 6.92 Å². The van der Waals surface area contributed by atoms with Crippen LogP contribution in [0.5, 0.6) is 0 Å². The molecule has 250 valence electrons. The number of nitrogens with one attached hydrogen (secondary N) is 2. The lowest BCUT2D eigenvalue weighted by Gasteiger charge is -2.36. The van der Waals surface area contributed by atoms with Crippen molar-refractivity contribution < 1.29 is 14.3 Å². The standard InChI is InChI=1S/C37H39N9O3/c1-3-26-17-25(11-15-38-26)34-31-18-27(7-10-32(31)42-43-34)41-36(48)37(49-2)12-16-44(23-37)22-33(47)46-21-29-19-30(46)20-45(29)28-8-5-24(6-9-28)35-39-13-4-14-40-35/h4-11,13-15,17-18,29-30H,3,12,16,19-23H2,1-2H3,(H,41,48)(H,42,43)/t29-,30-,37-/m0/s1. The molecule has 3 saturated heterocycles. The van der Waals surface area contributed by atoms with Gasteiger partial charge in [-0.05, 0) is 79.9 Å². The summed E-state index contributed by atoms with van der Waals surface area (Å²) in [6.45, 7) is 4.80. The summed E-state index contributed by atoms with van der Waals surface area (Å²) in [4.78, 5) is 46.9. The predicted octanol–water partition coefficient (Wildman–Crippen LogP) is 4.16. The summed E-state index contributed by atoms with van der Waals surface area (Å²) in [6, 6.07) is 20.3. The first-order valence-electron chi connectivity index (χ1n) is 16.9. The van der Waals surface area contributed by atoms with Crippen molar-refractivity contribution in [3.05, 3.63) is 84.9 Å². The van der Waals surface area contributed by atoms with E-state index in [-0.39, 0.29) is 30.4 Å². The van der Waals surface area contributed by atoms with Crippen LogP contribution in [0, 0.1) is 0 Å². The highest BCUT2D eigenvalue weighted by Gasteiger charge is 2.48. The van der Waals surface area contributed by atoms with Crippen LogP contribution in [0.15, 0.2) is 79.3 Å². The number of hydrogen-bond acceptors (Lipinski definition) is 9. The molecule has 12 heteroatoms. The number of H-pyrrole nitrogens is 1. The molecule has 12 nitrogen and oxygen atoms in total. The molecule has 0 unspecified atom stereocenters. The van der Waals surface area contributed by atoms with Crippen LogP contribution in [0.25, 0.3) is 33.5 Å². The van der Waals surface area contributed by atoms with E-state index in [1.165, 1.54) is 0 Å². The molecule has 2 amide bonds. The first-order chi connectivity index (χ1) is 23.9. The van der Waals surface area contributed by atoms with Gasteiger partial charge >= 0.3 is 0 Å². The molecule has 0 aliphatic carbocycles. The van der Waals surface area contributed by atoms with Crippen LogP contribution in [0.3, 0.4) is 0 Å². The number of rotatable bonds is 9. The quantitative estimate of drug-likeness (QED) is 0.240. The van der Waals surface area contributed by atoms with Crippen LogP contribution in [0.2, 0.25) is 0 Å². The van der Waals surface area contributed by atoms with E-state index in [1.54, 1.807) is 25.7 Å². The van der Waals surface area contributed by atoms with Crippen molar-refractivity contribution in [2.24, 2.45) is 0 Å². The highest BCUT2D eigenvalue weighted by atomic mass is 16.5. The second-order valence-electron chi connectivity index (χ2n) is 13.2. The number of pyridine rings is 1. The number of fused-ring (bicyclic) bond motifs is 3. The Labute approximate surface area is 284 Å². The summed E-state index contributed by atoms with van der Waals surface area (Å²) in [5.74, 6) is 0.603. The molecule has 2 aromatic carbocycles. The van der Waals surface area contributed by atoms with Crippen LogP contribution in [-0.2, 0) is 20.7 Å². The first kappa shape index (κ1) is 31.1. The molecule has 6 heterocycles. The van der Waals surface area contributed by atoms with E-state index in [0.717, 1.165) is 58.5 Å². The second-order valence-corrected chi connectivity index (χ2v) is 13.2. The monoisotopic (exact) mass is 657 g/mol. The summed E-state index contributed by atoms with van der Waals surface area (Å²) in [5, 5.41) is 11.6. The van der Waals surface area contributed by atoms with Gasteiger partial charge in [0.1, 0.15) is 5.69 Å². The number of nitrogens with zero attached hydrogens (tertiary/aromatic N) is 7. The first-order valence-corrected chi connectivity index (χ1v) is 16.9. The molecule has 2 bridgehead atoms. The summed E-state index contributed by atoms with van der Waals surface area (Å²) in [5.41, 5.74) is 5.40. The Morgan fingerprint density at radius 2 is 1.82 bits per heavy atom. The molecule has 3 aliphatic rings. The predicted molar refractivity (Wildman–Crippen MR) is 187 cm³/mol. The molecule has 0 radical (unpaired) electrons. The number of carbonyl (C=O) groups is 2. The zero-order valence-electron chi connectivity index (χ0n) is 27.7. The van der Waals surface area contributed by atoms with E-state index in [1.807, 2.05) is 46.2 Å². The average Bonchev–Trinajstić information content (AvgIpc) is 3.96. The number of methoxy groups -OCH3 is 1. The number of anilines is 2. The van der Waals surface area contributed by atoms with Crippen molar-refractivity contribution in [2.45, 2.75) is 43.9 Å². The van der Waals surface area contributed by atoms with Crippen molar-refractivity contribution in [3.63, 3.8) is 0 Å². The minimum atomic E-state index is -1.05. The Hall–Kier alpha value is -5.20. The highest BCUT2D eigenvalue weighted by Crippen LogP contribution is 2.36. The van der Waals surface area contributed by atoms with Gasteiger partial charge in [0, 0.05) is 91.5 Å². The van der Waals surface area contributed by atoms with Gasteiger partial charge in [-0.2, -0.15) is 5.10 Å². The topological polar surface area (TPSA) is 132 Å². The summed E-state index contributed by atoms with van der Waals surface area (Å²) >= 11 is 0. The number of aromatic nitrogens is 5. The number of likely N-dealkylation sites (tertiary alicyclic amines) is 2.